The maximum Gasteiger partial charge on any atom is 0.242 e. The Labute approximate surface area is 90.6 Å². The first-order valence-electron chi connectivity index (χ1n) is 5.04. The van der Waals surface area contributed by atoms with Gasteiger partial charge in [-0.05, 0) is 26.2 Å². The number of amides is 2. The van der Waals surface area contributed by atoms with Gasteiger partial charge in [-0.3, -0.25) is 9.59 Å². The Kier molecular flexibility index (Phi) is 4.74. The molecule has 1 atom stereocenters. The molecule has 0 fully saturated rings. The number of primary amides is 1. The molecule has 0 aliphatic rings. The third-order valence-corrected chi connectivity index (χ3v) is 2.11. The van der Waals surface area contributed by atoms with Gasteiger partial charge < -0.3 is 16.8 Å². The maximum absolute atomic E-state index is 11.6. The summed E-state index contributed by atoms with van der Waals surface area (Å²) in [6.45, 7) is 7.06. The summed E-state index contributed by atoms with van der Waals surface area (Å²) in [4.78, 5) is 22.5. The Bertz CT molecular complexity index is 249. The van der Waals surface area contributed by atoms with E-state index in [9.17, 15) is 9.59 Å². The van der Waals surface area contributed by atoms with Gasteiger partial charge in [-0.15, -0.1) is 0 Å². The van der Waals surface area contributed by atoms with Crippen molar-refractivity contribution in [2.75, 3.05) is 0 Å². The normalized spacial score (nSPS) is 13.7. The van der Waals surface area contributed by atoms with Crippen molar-refractivity contribution in [3.63, 3.8) is 0 Å². The molecule has 0 saturated carbocycles. The Morgan fingerprint density at radius 1 is 1.33 bits per heavy atom. The molecule has 2 amide bonds. The van der Waals surface area contributed by atoms with Crippen molar-refractivity contribution < 1.29 is 9.59 Å². The second kappa shape index (κ2) is 5.11. The predicted molar refractivity (Wildman–Crippen MR) is 58.8 cm³/mol. The average molecular weight is 215 g/mol. The van der Waals surface area contributed by atoms with Crippen LogP contribution in [-0.2, 0) is 9.59 Å². The number of hydrogen-bond acceptors (Lipinski definition) is 3. The van der Waals surface area contributed by atoms with Crippen molar-refractivity contribution in [1.29, 1.82) is 0 Å². The Morgan fingerprint density at radius 3 is 2.13 bits per heavy atom. The number of nitrogens with two attached hydrogens (primary N) is 2. The molecule has 0 rings (SSSR count). The zero-order chi connectivity index (χ0) is 12.2. The highest BCUT2D eigenvalue weighted by molar-refractivity contribution is 5.91. The molecule has 0 aromatic rings. The van der Waals surface area contributed by atoms with Gasteiger partial charge in [0.1, 0.15) is 5.54 Å². The van der Waals surface area contributed by atoms with Crippen LogP contribution in [0.2, 0.25) is 0 Å². The Balaban J connectivity index is 4.30. The van der Waals surface area contributed by atoms with Gasteiger partial charge in [0.2, 0.25) is 11.8 Å². The van der Waals surface area contributed by atoms with Crippen molar-refractivity contribution in [3.05, 3.63) is 0 Å². The fourth-order valence-corrected chi connectivity index (χ4v) is 1.08. The molecule has 0 spiro atoms. The summed E-state index contributed by atoms with van der Waals surface area (Å²) in [5, 5.41) is 2.52. The molecule has 0 aliphatic carbocycles. The van der Waals surface area contributed by atoms with Crippen LogP contribution in [0.15, 0.2) is 0 Å². The number of nitrogens with one attached hydrogen (secondary N) is 1. The van der Waals surface area contributed by atoms with Crippen LogP contribution in [0.5, 0.6) is 0 Å². The third-order valence-electron chi connectivity index (χ3n) is 2.11. The molecule has 5 heteroatoms. The van der Waals surface area contributed by atoms with E-state index in [-0.39, 0.29) is 5.91 Å². The second-order valence-electron chi connectivity index (χ2n) is 4.71. The Hall–Kier alpha value is -1.10. The molecule has 0 aromatic heterocycles. The number of carbonyl (C=O) groups excluding carboxylic acids is 2. The summed E-state index contributed by atoms with van der Waals surface area (Å²) in [5.41, 5.74) is 9.74. The first-order valence-corrected chi connectivity index (χ1v) is 5.04. The Morgan fingerprint density at radius 2 is 1.80 bits per heavy atom. The van der Waals surface area contributed by atoms with E-state index in [1.54, 1.807) is 13.8 Å². The first-order chi connectivity index (χ1) is 6.66. The zero-order valence-electron chi connectivity index (χ0n) is 9.83. The van der Waals surface area contributed by atoms with Gasteiger partial charge >= 0.3 is 0 Å². The van der Waals surface area contributed by atoms with E-state index < -0.39 is 17.5 Å². The van der Waals surface area contributed by atoms with E-state index in [0.717, 1.165) is 0 Å². The molecule has 15 heavy (non-hydrogen) atoms. The van der Waals surface area contributed by atoms with Crippen LogP contribution >= 0.6 is 0 Å². The van der Waals surface area contributed by atoms with Gasteiger partial charge in [0.05, 0.1) is 6.04 Å². The van der Waals surface area contributed by atoms with Crippen LogP contribution in [0.1, 0.15) is 34.1 Å². The molecule has 0 heterocycles. The van der Waals surface area contributed by atoms with Crippen LogP contribution < -0.4 is 16.8 Å². The molecule has 0 unspecified atom stereocenters. The van der Waals surface area contributed by atoms with Crippen LogP contribution in [-0.4, -0.2) is 23.4 Å². The van der Waals surface area contributed by atoms with Crippen molar-refractivity contribution in [2.24, 2.45) is 17.4 Å². The number of rotatable bonds is 5. The fourth-order valence-electron chi connectivity index (χ4n) is 1.08. The summed E-state index contributed by atoms with van der Waals surface area (Å²) >= 11 is 0. The minimum absolute atomic E-state index is 0.336. The van der Waals surface area contributed by atoms with E-state index >= 15 is 0 Å². The van der Waals surface area contributed by atoms with E-state index in [4.69, 9.17) is 11.5 Å². The fraction of sp³-hybridized carbons (Fsp3) is 0.800. The summed E-state index contributed by atoms with van der Waals surface area (Å²) in [5.74, 6) is -0.581. The molecule has 0 aromatic carbocycles. The molecule has 88 valence electrons. The molecule has 0 aliphatic heterocycles. The number of carbonyl (C=O) groups is 2. The van der Waals surface area contributed by atoms with Crippen LogP contribution in [0, 0.1) is 5.92 Å². The van der Waals surface area contributed by atoms with Gasteiger partial charge in [0.15, 0.2) is 0 Å². The molecular formula is C10H21N3O2. The number of hydrogen-bond donors (Lipinski definition) is 3. The highest BCUT2D eigenvalue weighted by Crippen LogP contribution is 2.05. The molecule has 5 nitrogen and oxygen atoms in total. The molecule has 5 N–H and O–H groups in total. The summed E-state index contributed by atoms with van der Waals surface area (Å²) < 4.78 is 0. The summed E-state index contributed by atoms with van der Waals surface area (Å²) in [6.07, 6.45) is 0.584. The van der Waals surface area contributed by atoms with Gasteiger partial charge in [-0.2, -0.15) is 0 Å². The standard InChI is InChI=1S/C10H21N3O2/c1-6(2)5-7(11)8(14)13-10(3,4)9(12)15/h6-7H,5,11H2,1-4H3,(H2,12,15)(H,13,14)/t7-/m1/s1. The predicted octanol–water partition coefficient (Wildman–Crippen LogP) is -0.260. The lowest BCUT2D eigenvalue weighted by molar-refractivity contribution is -0.131. The summed E-state index contributed by atoms with van der Waals surface area (Å²) in [7, 11) is 0. The monoisotopic (exact) mass is 215 g/mol. The molecule has 0 saturated heterocycles. The van der Waals surface area contributed by atoms with Crippen LogP contribution in [0.25, 0.3) is 0 Å². The van der Waals surface area contributed by atoms with E-state index in [1.165, 1.54) is 0 Å². The van der Waals surface area contributed by atoms with Gasteiger partial charge in [0, 0.05) is 0 Å². The lowest BCUT2D eigenvalue weighted by Crippen LogP contribution is -2.57. The second-order valence-corrected chi connectivity index (χ2v) is 4.71. The minimum Gasteiger partial charge on any atom is -0.368 e. The first kappa shape index (κ1) is 13.9. The van der Waals surface area contributed by atoms with Crippen molar-refractivity contribution in [2.45, 2.75) is 45.7 Å². The SMILES string of the molecule is CC(C)C[C@@H](N)C(=O)NC(C)(C)C(N)=O. The minimum atomic E-state index is -1.05. The van der Waals surface area contributed by atoms with Crippen LogP contribution in [0.3, 0.4) is 0 Å². The molecule has 0 bridgehead atoms. The van der Waals surface area contributed by atoms with Gasteiger partial charge in [-0.25, -0.2) is 0 Å². The maximum atomic E-state index is 11.6. The zero-order valence-corrected chi connectivity index (χ0v) is 9.83. The largest absolute Gasteiger partial charge is 0.368 e. The highest BCUT2D eigenvalue weighted by atomic mass is 16.2. The van der Waals surface area contributed by atoms with E-state index in [2.05, 4.69) is 5.32 Å². The molecule has 0 radical (unpaired) electrons. The van der Waals surface area contributed by atoms with Crippen molar-refractivity contribution in [1.82, 2.24) is 5.32 Å². The van der Waals surface area contributed by atoms with Crippen molar-refractivity contribution in [3.8, 4) is 0 Å². The highest BCUT2D eigenvalue weighted by Gasteiger charge is 2.29. The molecular weight excluding hydrogens is 194 g/mol. The van der Waals surface area contributed by atoms with Crippen LogP contribution in [0.4, 0.5) is 0 Å². The van der Waals surface area contributed by atoms with E-state index in [1.807, 2.05) is 13.8 Å². The summed E-state index contributed by atoms with van der Waals surface area (Å²) in [6, 6.07) is -0.594. The third kappa shape index (κ3) is 4.78. The lowest BCUT2D eigenvalue weighted by atomic mass is 10.0. The topological polar surface area (TPSA) is 98.2 Å². The van der Waals surface area contributed by atoms with Gasteiger partial charge in [0.25, 0.3) is 0 Å². The quantitative estimate of drug-likeness (QED) is 0.589. The average Bonchev–Trinajstić information content (AvgIpc) is 2.01. The van der Waals surface area contributed by atoms with Crippen molar-refractivity contribution >= 4 is 11.8 Å². The van der Waals surface area contributed by atoms with E-state index in [0.29, 0.717) is 12.3 Å². The van der Waals surface area contributed by atoms with Gasteiger partial charge in [-0.1, -0.05) is 13.8 Å². The lowest BCUT2D eigenvalue weighted by Gasteiger charge is -2.24. The smallest absolute Gasteiger partial charge is 0.242 e.